The van der Waals surface area contributed by atoms with Crippen molar-refractivity contribution in [1.82, 2.24) is 9.78 Å². The van der Waals surface area contributed by atoms with E-state index in [1.807, 2.05) is 28.9 Å². The van der Waals surface area contributed by atoms with Gasteiger partial charge in [0.2, 0.25) is 0 Å². The highest BCUT2D eigenvalue weighted by atomic mass is 35.5. The summed E-state index contributed by atoms with van der Waals surface area (Å²) in [7, 11) is 3.29. The number of nitrogens with zero attached hydrogens (tertiary/aromatic N) is 2. The minimum Gasteiger partial charge on any atom is -0.497 e. The van der Waals surface area contributed by atoms with Crippen LogP contribution in [0.2, 0.25) is 10.0 Å². The molecule has 146 valence electrons. The zero-order valence-electron chi connectivity index (χ0n) is 15.8. The molecule has 1 aliphatic rings. The van der Waals surface area contributed by atoms with Crippen LogP contribution in [0.15, 0.2) is 36.4 Å². The quantitative estimate of drug-likeness (QED) is 0.598. The fourth-order valence-electron chi connectivity index (χ4n) is 3.50. The number of rotatable bonds is 4. The number of hydrogen-bond acceptors (Lipinski definition) is 4. The van der Waals surface area contributed by atoms with Crippen molar-refractivity contribution in [2.45, 2.75) is 19.3 Å². The third-order valence-corrected chi connectivity index (χ3v) is 5.45. The first-order chi connectivity index (χ1) is 13.6. The summed E-state index contributed by atoms with van der Waals surface area (Å²) < 4.78 is 12.7. The summed E-state index contributed by atoms with van der Waals surface area (Å²) in [5.41, 5.74) is 3.73. The molecule has 0 saturated carbocycles. The van der Waals surface area contributed by atoms with E-state index in [4.69, 9.17) is 37.8 Å². The topological polar surface area (TPSA) is 48.3 Å². The molecule has 4 rings (SSSR count). The fraction of sp³-hybridized carbons (Fsp3) is 0.286. The molecule has 1 aliphatic heterocycles. The molecule has 0 bridgehead atoms. The van der Waals surface area contributed by atoms with Crippen LogP contribution in [0.3, 0.4) is 0 Å². The van der Waals surface area contributed by atoms with E-state index in [1.54, 1.807) is 26.4 Å². The fourth-order valence-corrected chi connectivity index (χ4v) is 3.86. The molecule has 0 amide bonds. The third-order valence-electron chi connectivity index (χ3n) is 4.89. The number of ether oxygens (including phenoxy) is 2. The Labute approximate surface area is 174 Å². The number of fused-ring (bicyclic) bond motifs is 1. The highest BCUT2D eigenvalue weighted by Gasteiger charge is 2.23. The summed E-state index contributed by atoms with van der Waals surface area (Å²) in [4.78, 5) is 0. The molecule has 3 aromatic rings. The Balaban J connectivity index is 1.94. The molecular formula is C21H21Cl2N3O2. The first-order valence-corrected chi connectivity index (χ1v) is 9.91. The Hall–Kier alpha value is -2.37. The highest BCUT2D eigenvalue weighted by Crippen LogP contribution is 2.38. The van der Waals surface area contributed by atoms with Gasteiger partial charge in [-0.05, 0) is 49.6 Å². The van der Waals surface area contributed by atoms with Crippen molar-refractivity contribution >= 4 is 29.0 Å². The molecule has 1 aromatic heterocycles. The van der Waals surface area contributed by atoms with Gasteiger partial charge in [-0.1, -0.05) is 23.2 Å². The summed E-state index contributed by atoms with van der Waals surface area (Å²) in [5.74, 6) is 2.40. The zero-order chi connectivity index (χ0) is 19.7. The van der Waals surface area contributed by atoms with Gasteiger partial charge in [-0.25, -0.2) is 4.68 Å². The van der Waals surface area contributed by atoms with E-state index in [1.165, 1.54) is 0 Å². The Morgan fingerprint density at radius 1 is 1.00 bits per heavy atom. The molecule has 0 radical (unpaired) electrons. The molecule has 2 heterocycles. The number of anilines is 1. The average Bonchev–Trinajstić information content (AvgIpc) is 2.90. The third kappa shape index (κ3) is 3.52. The molecule has 7 heteroatoms. The van der Waals surface area contributed by atoms with Gasteiger partial charge in [-0.15, -0.1) is 0 Å². The van der Waals surface area contributed by atoms with Gasteiger partial charge in [0.25, 0.3) is 0 Å². The van der Waals surface area contributed by atoms with Crippen LogP contribution >= 0.6 is 23.2 Å². The lowest BCUT2D eigenvalue weighted by molar-refractivity contribution is 0.394. The van der Waals surface area contributed by atoms with E-state index < -0.39 is 0 Å². The number of halogens is 2. The van der Waals surface area contributed by atoms with Crippen LogP contribution in [0.25, 0.3) is 16.9 Å². The lowest BCUT2D eigenvalue weighted by Gasteiger charge is -2.11. The maximum Gasteiger partial charge on any atom is 0.133 e. The lowest BCUT2D eigenvalue weighted by Crippen LogP contribution is -2.07. The number of methoxy groups -OCH3 is 2. The van der Waals surface area contributed by atoms with Gasteiger partial charge < -0.3 is 14.8 Å². The van der Waals surface area contributed by atoms with E-state index in [-0.39, 0.29) is 0 Å². The summed E-state index contributed by atoms with van der Waals surface area (Å²) >= 11 is 12.7. The molecule has 0 aliphatic carbocycles. The number of benzene rings is 2. The molecular weight excluding hydrogens is 397 g/mol. The first kappa shape index (κ1) is 19.0. The van der Waals surface area contributed by atoms with Crippen LogP contribution in [0.4, 0.5) is 5.82 Å². The maximum atomic E-state index is 6.48. The lowest BCUT2D eigenvalue weighted by atomic mass is 10.0. The summed E-state index contributed by atoms with van der Waals surface area (Å²) in [6.07, 6.45) is 3.11. The van der Waals surface area contributed by atoms with Crippen molar-refractivity contribution < 1.29 is 9.47 Å². The van der Waals surface area contributed by atoms with Gasteiger partial charge >= 0.3 is 0 Å². The molecule has 0 unspecified atom stereocenters. The Kier molecular flexibility index (Phi) is 5.38. The molecule has 2 aromatic carbocycles. The van der Waals surface area contributed by atoms with Gasteiger partial charge in [0, 0.05) is 28.8 Å². The van der Waals surface area contributed by atoms with Gasteiger partial charge in [-0.3, -0.25) is 0 Å². The van der Waals surface area contributed by atoms with Crippen molar-refractivity contribution in [3.05, 3.63) is 52.0 Å². The molecule has 0 saturated heterocycles. The summed E-state index contributed by atoms with van der Waals surface area (Å²) in [6.45, 7) is 0.887. The summed E-state index contributed by atoms with van der Waals surface area (Å²) in [6, 6.07) is 11.2. The van der Waals surface area contributed by atoms with Crippen molar-refractivity contribution in [3.63, 3.8) is 0 Å². The van der Waals surface area contributed by atoms with E-state index in [2.05, 4.69) is 5.32 Å². The van der Waals surface area contributed by atoms with Gasteiger partial charge in [0.15, 0.2) is 0 Å². The van der Waals surface area contributed by atoms with Crippen LogP contribution in [0.5, 0.6) is 11.5 Å². The maximum absolute atomic E-state index is 6.48. The normalized spacial score (nSPS) is 13.4. The van der Waals surface area contributed by atoms with Crippen molar-refractivity contribution in [2.75, 3.05) is 26.1 Å². The minimum atomic E-state index is 0.593. The Morgan fingerprint density at radius 3 is 2.46 bits per heavy atom. The molecule has 0 atom stereocenters. The predicted octanol–water partition coefficient (Wildman–Crippen LogP) is 5.61. The number of hydrogen-bond donors (Lipinski definition) is 1. The van der Waals surface area contributed by atoms with Crippen molar-refractivity contribution in [1.29, 1.82) is 0 Å². The highest BCUT2D eigenvalue weighted by molar-refractivity contribution is 6.34. The van der Waals surface area contributed by atoms with Crippen LogP contribution < -0.4 is 14.8 Å². The van der Waals surface area contributed by atoms with Crippen LogP contribution in [0.1, 0.15) is 18.4 Å². The number of aromatic nitrogens is 2. The molecule has 0 spiro atoms. The van der Waals surface area contributed by atoms with Crippen molar-refractivity contribution in [3.8, 4) is 28.4 Å². The second-order valence-electron chi connectivity index (χ2n) is 6.67. The van der Waals surface area contributed by atoms with E-state index in [0.29, 0.717) is 10.0 Å². The van der Waals surface area contributed by atoms with Crippen LogP contribution in [-0.2, 0) is 6.42 Å². The SMILES string of the molecule is COc1cc(OC)cc(-c2nn(-c3cc(Cl)ccc3Cl)c3c2CCCCN3)c1. The van der Waals surface area contributed by atoms with Crippen LogP contribution in [0, 0.1) is 0 Å². The van der Waals surface area contributed by atoms with E-state index in [9.17, 15) is 0 Å². The van der Waals surface area contributed by atoms with Gasteiger partial charge in [0.05, 0.1) is 30.6 Å². The largest absolute Gasteiger partial charge is 0.497 e. The Morgan fingerprint density at radius 2 is 1.75 bits per heavy atom. The standard InChI is InChI=1S/C21H21Cl2N3O2/c1-27-15-9-13(10-16(12-15)28-2)20-17-5-3-4-8-24-21(17)26(25-20)19-11-14(22)6-7-18(19)23/h6-7,9-12,24H,3-5,8H2,1-2H3. The van der Waals surface area contributed by atoms with Crippen molar-refractivity contribution in [2.24, 2.45) is 0 Å². The van der Waals surface area contributed by atoms with Gasteiger partial charge in [-0.2, -0.15) is 5.10 Å². The van der Waals surface area contributed by atoms with E-state index >= 15 is 0 Å². The number of nitrogens with one attached hydrogen (secondary N) is 1. The monoisotopic (exact) mass is 417 g/mol. The Bertz CT molecular complexity index is 995. The second kappa shape index (κ2) is 7.94. The minimum absolute atomic E-state index is 0.593. The average molecular weight is 418 g/mol. The molecule has 28 heavy (non-hydrogen) atoms. The summed E-state index contributed by atoms with van der Waals surface area (Å²) in [5, 5.41) is 9.66. The van der Waals surface area contributed by atoms with E-state index in [0.717, 1.165) is 65.6 Å². The molecule has 1 N–H and O–H groups in total. The predicted molar refractivity (Wildman–Crippen MR) is 114 cm³/mol. The zero-order valence-corrected chi connectivity index (χ0v) is 17.3. The van der Waals surface area contributed by atoms with Gasteiger partial charge in [0.1, 0.15) is 17.3 Å². The molecule has 5 nitrogen and oxygen atoms in total. The first-order valence-electron chi connectivity index (χ1n) is 9.15. The molecule has 0 fully saturated rings. The smallest absolute Gasteiger partial charge is 0.133 e. The second-order valence-corrected chi connectivity index (χ2v) is 7.51. The van der Waals surface area contributed by atoms with Crippen LogP contribution in [-0.4, -0.2) is 30.5 Å².